The predicted molar refractivity (Wildman–Crippen MR) is 38.6 cm³/mol. The summed E-state index contributed by atoms with van der Waals surface area (Å²) >= 11 is 0. The van der Waals surface area contributed by atoms with Gasteiger partial charge in [0.15, 0.2) is 0 Å². The third kappa shape index (κ3) is 4.35. The maximum atomic E-state index is 4.83. The fraction of sp³-hybridized carbons (Fsp3) is 0.500. The van der Waals surface area contributed by atoms with Gasteiger partial charge in [0.1, 0.15) is 0 Å². The van der Waals surface area contributed by atoms with Gasteiger partial charge >= 0.3 is 0 Å². The van der Waals surface area contributed by atoms with E-state index in [0.29, 0.717) is 0 Å². The van der Waals surface area contributed by atoms with E-state index >= 15 is 0 Å². The number of nitrogens with one attached hydrogen (secondary N) is 1. The quantitative estimate of drug-likeness (QED) is 0.542. The molecule has 1 saturated heterocycles. The van der Waals surface area contributed by atoms with Crippen LogP contribution < -0.4 is 5.32 Å². The Balaban J connectivity index is 0.000000112. The van der Waals surface area contributed by atoms with Gasteiger partial charge in [-0.15, -0.1) is 10.2 Å². The molecule has 0 aliphatic carbocycles. The van der Waals surface area contributed by atoms with Crippen LogP contribution in [0, 0.1) is 0 Å². The van der Waals surface area contributed by atoms with Crippen molar-refractivity contribution in [3.8, 4) is 0 Å². The SMILES string of the molecule is C1COCN1.c1cnnnc1. The van der Waals surface area contributed by atoms with E-state index in [4.69, 9.17) is 4.74 Å². The lowest BCUT2D eigenvalue weighted by Crippen LogP contribution is -2.05. The van der Waals surface area contributed by atoms with Gasteiger partial charge in [-0.25, -0.2) is 0 Å². The van der Waals surface area contributed by atoms with Crippen LogP contribution in [0.2, 0.25) is 0 Å². The minimum atomic E-state index is 0.750. The molecule has 2 rings (SSSR count). The molecule has 1 aromatic rings. The van der Waals surface area contributed by atoms with E-state index in [9.17, 15) is 0 Å². The van der Waals surface area contributed by atoms with Crippen molar-refractivity contribution >= 4 is 0 Å². The van der Waals surface area contributed by atoms with Crippen molar-refractivity contribution < 1.29 is 4.74 Å². The van der Waals surface area contributed by atoms with Gasteiger partial charge in [0, 0.05) is 6.54 Å². The Morgan fingerprint density at radius 3 is 2.27 bits per heavy atom. The second-order valence-electron chi connectivity index (χ2n) is 1.86. The smallest absolute Gasteiger partial charge is 0.0966 e. The highest BCUT2D eigenvalue weighted by Gasteiger charge is 1.92. The summed E-state index contributed by atoms with van der Waals surface area (Å²) in [5, 5.41) is 13.1. The van der Waals surface area contributed by atoms with Gasteiger partial charge in [0.05, 0.1) is 25.7 Å². The first-order valence-corrected chi connectivity index (χ1v) is 3.37. The van der Waals surface area contributed by atoms with E-state index in [1.54, 1.807) is 18.5 Å². The van der Waals surface area contributed by atoms with E-state index < -0.39 is 0 Å². The highest BCUT2D eigenvalue weighted by Crippen LogP contribution is 1.75. The zero-order valence-corrected chi connectivity index (χ0v) is 6.10. The lowest BCUT2D eigenvalue weighted by atomic mass is 10.7. The maximum Gasteiger partial charge on any atom is 0.0966 e. The number of hydrogen-bond donors (Lipinski definition) is 1. The summed E-state index contributed by atoms with van der Waals surface area (Å²) < 4.78 is 4.83. The Morgan fingerprint density at radius 2 is 2.09 bits per heavy atom. The van der Waals surface area contributed by atoms with Crippen LogP contribution >= 0.6 is 0 Å². The van der Waals surface area contributed by atoms with E-state index in [-0.39, 0.29) is 0 Å². The molecule has 1 fully saturated rings. The van der Waals surface area contributed by atoms with Gasteiger partial charge in [-0.05, 0) is 11.3 Å². The van der Waals surface area contributed by atoms with E-state index in [0.717, 1.165) is 19.9 Å². The molecule has 5 heteroatoms. The molecule has 0 amide bonds. The van der Waals surface area contributed by atoms with Gasteiger partial charge in [-0.1, -0.05) is 0 Å². The van der Waals surface area contributed by atoms with Crippen LogP contribution in [0.15, 0.2) is 18.5 Å². The molecule has 0 unspecified atom stereocenters. The lowest BCUT2D eigenvalue weighted by Gasteiger charge is -1.76. The molecule has 0 atom stereocenters. The molecule has 1 aromatic heterocycles. The van der Waals surface area contributed by atoms with E-state index in [1.165, 1.54) is 0 Å². The normalized spacial score (nSPS) is 15.3. The third-order valence-electron chi connectivity index (χ3n) is 1.04. The average Bonchev–Trinajstić information content (AvgIpc) is 2.64. The van der Waals surface area contributed by atoms with Crippen molar-refractivity contribution in [3.05, 3.63) is 18.5 Å². The number of nitrogens with zero attached hydrogens (tertiary/aromatic N) is 3. The van der Waals surface area contributed by atoms with Gasteiger partial charge < -0.3 is 4.74 Å². The summed E-state index contributed by atoms with van der Waals surface area (Å²) in [7, 11) is 0. The minimum absolute atomic E-state index is 0.750. The molecule has 5 nitrogen and oxygen atoms in total. The van der Waals surface area contributed by atoms with Crippen molar-refractivity contribution in [1.82, 2.24) is 20.7 Å². The summed E-state index contributed by atoms with van der Waals surface area (Å²) in [6.45, 7) is 2.67. The molecular weight excluding hydrogens is 144 g/mol. The fourth-order valence-corrected chi connectivity index (χ4v) is 0.566. The van der Waals surface area contributed by atoms with Crippen LogP contribution in [0.5, 0.6) is 0 Å². The lowest BCUT2D eigenvalue weighted by molar-refractivity contribution is 0.194. The second-order valence-corrected chi connectivity index (χ2v) is 1.86. The van der Waals surface area contributed by atoms with Crippen molar-refractivity contribution in [2.24, 2.45) is 0 Å². The first-order valence-electron chi connectivity index (χ1n) is 3.37. The highest BCUT2D eigenvalue weighted by molar-refractivity contribution is 4.69. The molecule has 2 heterocycles. The van der Waals surface area contributed by atoms with Gasteiger partial charge in [-0.2, -0.15) is 0 Å². The Kier molecular flexibility index (Phi) is 4.16. The third-order valence-corrected chi connectivity index (χ3v) is 1.04. The summed E-state index contributed by atoms with van der Waals surface area (Å²) in [6.07, 6.45) is 3.15. The van der Waals surface area contributed by atoms with Crippen molar-refractivity contribution in [3.63, 3.8) is 0 Å². The average molecular weight is 154 g/mol. The molecule has 0 saturated carbocycles. The van der Waals surface area contributed by atoms with Gasteiger partial charge in [-0.3, -0.25) is 5.32 Å². The topological polar surface area (TPSA) is 59.9 Å². The molecule has 1 N–H and O–H groups in total. The molecule has 1 aliphatic rings. The molecule has 11 heavy (non-hydrogen) atoms. The summed E-state index contributed by atoms with van der Waals surface area (Å²) in [6, 6.07) is 1.72. The molecule has 0 bridgehead atoms. The van der Waals surface area contributed by atoms with E-state index in [1.807, 2.05) is 0 Å². The van der Waals surface area contributed by atoms with Crippen molar-refractivity contribution in [2.75, 3.05) is 19.9 Å². The Morgan fingerprint density at radius 1 is 1.27 bits per heavy atom. The zero-order chi connectivity index (χ0) is 7.78. The van der Waals surface area contributed by atoms with Crippen LogP contribution in [-0.2, 0) is 4.74 Å². The monoisotopic (exact) mass is 154 g/mol. The molecular formula is C6H10N4O. The van der Waals surface area contributed by atoms with Gasteiger partial charge in [0.25, 0.3) is 0 Å². The van der Waals surface area contributed by atoms with Crippen LogP contribution in [0.1, 0.15) is 0 Å². The first kappa shape index (κ1) is 8.03. The van der Waals surface area contributed by atoms with Crippen LogP contribution in [0.4, 0.5) is 0 Å². The first-order chi connectivity index (χ1) is 5.50. The molecule has 0 radical (unpaired) electrons. The van der Waals surface area contributed by atoms with Crippen molar-refractivity contribution in [2.45, 2.75) is 0 Å². The number of ether oxygens (including phenoxy) is 1. The zero-order valence-electron chi connectivity index (χ0n) is 6.10. The standard InChI is InChI=1S/C3H3N3.C3H7NO/c1-2-4-6-5-3-1;1-2-5-3-4-1/h1-3H;4H,1-3H2. The van der Waals surface area contributed by atoms with Gasteiger partial charge in [0.2, 0.25) is 0 Å². The summed E-state index contributed by atoms with van der Waals surface area (Å²) in [5.74, 6) is 0. The van der Waals surface area contributed by atoms with Crippen LogP contribution in [-0.4, -0.2) is 35.3 Å². The Hall–Kier alpha value is -1.07. The number of hydrogen-bond acceptors (Lipinski definition) is 5. The Labute approximate surface area is 64.8 Å². The molecule has 0 spiro atoms. The maximum absolute atomic E-state index is 4.83. The largest absolute Gasteiger partial charge is 0.365 e. The summed E-state index contributed by atoms with van der Waals surface area (Å²) in [5.41, 5.74) is 0. The molecule has 0 aromatic carbocycles. The van der Waals surface area contributed by atoms with E-state index in [2.05, 4.69) is 20.7 Å². The van der Waals surface area contributed by atoms with Crippen LogP contribution in [0.25, 0.3) is 0 Å². The molecule has 1 aliphatic heterocycles. The van der Waals surface area contributed by atoms with Crippen LogP contribution in [0.3, 0.4) is 0 Å². The van der Waals surface area contributed by atoms with Crippen molar-refractivity contribution in [1.29, 1.82) is 0 Å². The second kappa shape index (κ2) is 5.70. The molecule has 60 valence electrons. The predicted octanol–water partition coefficient (Wildman–Crippen LogP) is -0.565. The Bertz CT molecular complexity index is 131. The highest BCUT2D eigenvalue weighted by atomic mass is 16.5. The fourth-order valence-electron chi connectivity index (χ4n) is 0.566. The minimum Gasteiger partial charge on any atom is -0.365 e. The number of rotatable bonds is 0. The number of aromatic nitrogens is 3. The summed E-state index contributed by atoms with van der Waals surface area (Å²) in [4.78, 5) is 0.